The van der Waals surface area contributed by atoms with E-state index in [9.17, 15) is 0 Å². The van der Waals surface area contributed by atoms with Crippen LogP contribution in [0.15, 0.2) is 23.3 Å². The number of rotatable bonds is 12. The van der Waals surface area contributed by atoms with Crippen LogP contribution in [0.1, 0.15) is 45.6 Å². The second kappa shape index (κ2) is 16.4. The molecule has 0 saturated carbocycles. The lowest BCUT2D eigenvalue weighted by Crippen LogP contribution is -2.37. The van der Waals surface area contributed by atoms with Gasteiger partial charge in [-0.2, -0.15) is 0 Å². The molecule has 0 aromatic carbocycles. The summed E-state index contributed by atoms with van der Waals surface area (Å²) in [7, 11) is 0. The lowest BCUT2D eigenvalue weighted by Gasteiger charge is -2.12. The van der Waals surface area contributed by atoms with Gasteiger partial charge in [0.2, 0.25) is 5.88 Å². The van der Waals surface area contributed by atoms with E-state index in [1.165, 1.54) is 0 Å². The van der Waals surface area contributed by atoms with Crippen LogP contribution in [-0.4, -0.2) is 43.9 Å². The lowest BCUT2D eigenvalue weighted by molar-refractivity contribution is 0.143. The number of aliphatic imine (C=N–C) groups is 1. The van der Waals surface area contributed by atoms with Crippen molar-refractivity contribution in [2.24, 2.45) is 4.99 Å². The van der Waals surface area contributed by atoms with E-state index in [0.29, 0.717) is 19.0 Å². The van der Waals surface area contributed by atoms with Gasteiger partial charge in [0.1, 0.15) is 0 Å². The summed E-state index contributed by atoms with van der Waals surface area (Å²) in [5.41, 5.74) is 1.000. The maximum Gasteiger partial charge on any atom is 0.218 e. The fourth-order valence-corrected chi connectivity index (χ4v) is 2.06. The number of hydrogen-bond donors (Lipinski definition) is 2. The second-order valence-electron chi connectivity index (χ2n) is 5.34. The first kappa shape index (κ1) is 23.9. The fraction of sp³-hybridized carbons (Fsp3) is 0.667. The Morgan fingerprint density at radius 1 is 1.16 bits per heavy atom. The van der Waals surface area contributed by atoms with Gasteiger partial charge in [0, 0.05) is 38.1 Å². The minimum Gasteiger partial charge on any atom is -0.477 e. The predicted molar refractivity (Wildman–Crippen MR) is 114 cm³/mol. The molecule has 6 nitrogen and oxygen atoms in total. The Bertz CT molecular complexity index is 472. The molecule has 0 spiro atoms. The Morgan fingerprint density at radius 3 is 2.72 bits per heavy atom. The van der Waals surface area contributed by atoms with E-state index < -0.39 is 0 Å². The van der Waals surface area contributed by atoms with Gasteiger partial charge in [-0.25, -0.2) is 9.98 Å². The van der Waals surface area contributed by atoms with Crippen LogP contribution >= 0.6 is 24.0 Å². The van der Waals surface area contributed by atoms with Crippen LogP contribution in [0.25, 0.3) is 0 Å². The molecule has 0 atom stereocenters. The smallest absolute Gasteiger partial charge is 0.218 e. The Kier molecular flexibility index (Phi) is 15.7. The third kappa shape index (κ3) is 11.2. The zero-order valence-electron chi connectivity index (χ0n) is 15.7. The molecule has 1 heterocycles. The molecule has 1 rings (SSSR count). The van der Waals surface area contributed by atoms with Gasteiger partial charge in [0.05, 0.1) is 13.2 Å². The van der Waals surface area contributed by atoms with E-state index in [2.05, 4.69) is 34.5 Å². The largest absolute Gasteiger partial charge is 0.477 e. The molecule has 144 valence electrons. The SMILES string of the molecule is CCCOc1ncccc1CN=C(NCC)NCCCCOCC.I. The monoisotopic (exact) mass is 464 g/mol. The van der Waals surface area contributed by atoms with Crippen LogP contribution in [0.5, 0.6) is 5.88 Å². The maximum atomic E-state index is 5.68. The van der Waals surface area contributed by atoms with Gasteiger partial charge in [-0.15, -0.1) is 24.0 Å². The Labute approximate surface area is 169 Å². The minimum absolute atomic E-state index is 0. The van der Waals surface area contributed by atoms with Gasteiger partial charge < -0.3 is 20.1 Å². The van der Waals surface area contributed by atoms with Crippen molar-refractivity contribution in [1.82, 2.24) is 15.6 Å². The first-order chi connectivity index (χ1) is 11.8. The van der Waals surface area contributed by atoms with Crippen LogP contribution in [0.2, 0.25) is 0 Å². The Morgan fingerprint density at radius 2 is 2.00 bits per heavy atom. The molecule has 7 heteroatoms. The van der Waals surface area contributed by atoms with Crippen molar-refractivity contribution in [1.29, 1.82) is 0 Å². The highest BCUT2D eigenvalue weighted by atomic mass is 127. The third-order valence-corrected chi connectivity index (χ3v) is 3.26. The van der Waals surface area contributed by atoms with Crippen LogP contribution in [0, 0.1) is 0 Å². The molecule has 0 aliphatic heterocycles. The van der Waals surface area contributed by atoms with Gasteiger partial charge in [-0.05, 0) is 39.2 Å². The van der Waals surface area contributed by atoms with E-state index in [4.69, 9.17) is 9.47 Å². The molecule has 2 N–H and O–H groups in total. The van der Waals surface area contributed by atoms with Crippen LogP contribution in [0.4, 0.5) is 0 Å². The van der Waals surface area contributed by atoms with Crippen LogP contribution < -0.4 is 15.4 Å². The van der Waals surface area contributed by atoms with E-state index in [1.807, 2.05) is 19.1 Å². The number of nitrogens with one attached hydrogen (secondary N) is 2. The van der Waals surface area contributed by atoms with Crippen molar-refractivity contribution in [3.8, 4) is 5.88 Å². The van der Waals surface area contributed by atoms with Gasteiger partial charge in [-0.1, -0.05) is 13.0 Å². The summed E-state index contributed by atoms with van der Waals surface area (Å²) >= 11 is 0. The van der Waals surface area contributed by atoms with Crippen molar-refractivity contribution < 1.29 is 9.47 Å². The molecule has 0 fully saturated rings. The number of aromatic nitrogens is 1. The number of pyridine rings is 1. The van der Waals surface area contributed by atoms with Crippen molar-refractivity contribution >= 4 is 29.9 Å². The van der Waals surface area contributed by atoms with Crippen molar-refractivity contribution in [3.05, 3.63) is 23.9 Å². The summed E-state index contributed by atoms with van der Waals surface area (Å²) in [5.74, 6) is 1.50. The van der Waals surface area contributed by atoms with Gasteiger partial charge in [0.25, 0.3) is 0 Å². The number of ether oxygens (including phenoxy) is 2. The van der Waals surface area contributed by atoms with E-state index >= 15 is 0 Å². The molecular weight excluding hydrogens is 431 g/mol. The number of guanidine groups is 1. The number of halogens is 1. The summed E-state index contributed by atoms with van der Waals surface area (Å²) in [4.78, 5) is 8.93. The molecule has 0 unspecified atom stereocenters. The van der Waals surface area contributed by atoms with Crippen molar-refractivity contribution in [3.63, 3.8) is 0 Å². The zero-order valence-corrected chi connectivity index (χ0v) is 18.0. The molecule has 1 aromatic rings. The summed E-state index contributed by atoms with van der Waals surface area (Å²) in [6.45, 7) is 10.7. The fourth-order valence-electron chi connectivity index (χ4n) is 2.06. The predicted octanol–water partition coefficient (Wildman–Crippen LogP) is 3.36. The molecule has 0 saturated heterocycles. The summed E-state index contributed by atoms with van der Waals surface area (Å²) in [6.07, 6.45) is 4.82. The minimum atomic E-state index is 0. The average molecular weight is 464 g/mol. The molecule has 0 aliphatic carbocycles. The average Bonchev–Trinajstić information content (AvgIpc) is 2.61. The topological polar surface area (TPSA) is 67.8 Å². The summed E-state index contributed by atoms with van der Waals surface area (Å²) in [6, 6.07) is 3.92. The molecular formula is C18H33IN4O2. The van der Waals surface area contributed by atoms with Crippen molar-refractivity contribution in [2.75, 3.05) is 32.9 Å². The standard InChI is InChI=1S/C18H32N4O2.HI/c1-4-13-24-17-16(10-9-12-20-17)15-22-18(19-5-2)21-11-7-8-14-23-6-3;/h9-10,12H,4-8,11,13-15H2,1-3H3,(H2,19,21,22);1H. The molecule has 0 amide bonds. The highest BCUT2D eigenvalue weighted by Gasteiger charge is 2.04. The first-order valence-electron chi connectivity index (χ1n) is 8.98. The number of hydrogen-bond acceptors (Lipinski definition) is 4. The maximum absolute atomic E-state index is 5.68. The van der Waals surface area contributed by atoms with Crippen LogP contribution in [-0.2, 0) is 11.3 Å². The van der Waals surface area contributed by atoms with Gasteiger partial charge >= 0.3 is 0 Å². The van der Waals surface area contributed by atoms with Gasteiger partial charge in [0.15, 0.2) is 5.96 Å². The Hall–Kier alpha value is -1.09. The molecule has 0 radical (unpaired) electrons. The third-order valence-electron chi connectivity index (χ3n) is 3.26. The molecule has 0 aliphatic rings. The summed E-state index contributed by atoms with van der Waals surface area (Å²) in [5, 5.41) is 6.62. The van der Waals surface area contributed by atoms with Gasteiger partial charge in [-0.3, -0.25) is 0 Å². The van der Waals surface area contributed by atoms with E-state index in [-0.39, 0.29) is 24.0 Å². The first-order valence-corrected chi connectivity index (χ1v) is 8.98. The zero-order chi connectivity index (χ0) is 17.5. The van der Waals surface area contributed by atoms with E-state index in [1.54, 1.807) is 6.20 Å². The Balaban J connectivity index is 0.00000576. The molecule has 1 aromatic heterocycles. The quantitative estimate of drug-likeness (QED) is 0.215. The lowest BCUT2D eigenvalue weighted by atomic mass is 10.3. The van der Waals surface area contributed by atoms with Crippen LogP contribution in [0.3, 0.4) is 0 Å². The number of nitrogens with zero attached hydrogens (tertiary/aromatic N) is 2. The van der Waals surface area contributed by atoms with E-state index in [0.717, 1.165) is 57.1 Å². The second-order valence-corrected chi connectivity index (χ2v) is 5.34. The van der Waals surface area contributed by atoms with Crippen molar-refractivity contribution in [2.45, 2.75) is 46.6 Å². The molecule has 25 heavy (non-hydrogen) atoms. The highest BCUT2D eigenvalue weighted by molar-refractivity contribution is 14.0. The number of unbranched alkanes of at least 4 members (excludes halogenated alkanes) is 1. The summed E-state index contributed by atoms with van der Waals surface area (Å²) < 4.78 is 11.0. The normalized spacial score (nSPS) is 10.9. The highest BCUT2D eigenvalue weighted by Crippen LogP contribution is 2.15. The molecule has 0 bridgehead atoms.